The SMILES string of the molecule is CCC/C(C)=C\C1CC1. The molecule has 1 aliphatic rings. The Bertz CT molecular complexity index is 107. The third kappa shape index (κ3) is 2.69. The average Bonchev–Trinajstić information content (AvgIpc) is 2.50. The first-order valence-corrected chi connectivity index (χ1v) is 4.00. The van der Waals surface area contributed by atoms with Gasteiger partial charge in [-0.15, -0.1) is 0 Å². The van der Waals surface area contributed by atoms with Gasteiger partial charge in [-0.2, -0.15) is 0 Å². The summed E-state index contributed by atoms with van der Waals surface area (Å²) in [4.78, 5) is 0. The maximum absolute atomic E-state index is 2.45. The van der Waals surface area contributed by atoms with Gasteiger partial charge in [-0.1, -0.05) is 25.0 Å². The van der Waals surface area contributed by atoms with E-state index in [1.165, 1.54) is 25.7 Å². The summed E-state index contributed by atoms with van der Waals surface area (Å²) in [6.07, 6.45) is 7.94. The highest BCUT2D eigenvalue weighted by Gasteiger charge is 2.17. The molecule has 0 radical (unpaired) electrons. The molecule has 0 heterocycles. The molecule has 0 spiro atoms. The average molecular weight is 124 g/mol. The van der Waals surface area contributed by atoms with E-state index in [-0.39, 0.29) is 0 Å². The van der Waals surface area contributed by atoms with E-state index in [1.54, 1.807) is 5.57 Å². The molecule has 0 N–H and O–H groups in total. The van der Waals surface area contributed by atoms with E-state index >= 15 is 0 Å². The topological polar surface area (TPSA) is 0 Å². The Morgan fingerprint density at radius 2 is 2.22 bits per heavy atom. The Morgan fingerprint density at radius 1 is 1.56 bits per heavy atom. The molecule has 0 heteroatoms. The Balaban J connectivity index is 2.20. The van der Waals surface area contributed by atoms with E-state index in [1.807, 2.05) is 0 Å². The van der Waals surface area contributed by atoms with Crippen LogP contribution < -0.4 is 0 Å². The Kier molecular flexibility index (Phi) is 2.32. The molecule has 0 bridgehead atoms. The highest BCUT2D eigenvalue weighted by atomic mass is 14.2. The lowest BCUT2D eigenvalue weighted by Crippen LogP contribution is -1.75. The van der Waals surface area contributed by atoms with Crippen LogP contribution in [0, 0.1) is 5.92 Å². The zero-order valence-electron chi connectivity index (χ0n) is 6.48. The normalized spacial score (nSPS) is 20.4. The predicted octanol–water partition coefficient (Wildman–Crippen LogP) is 3.14. The van der Waals surface area contributed by atoms with Crippen molar-refractivity contribution in [2.45, 2.75) is 39.5 Å². The van der Waals surface area contributed by atoms with E-state index in [9.17, 15) is 0 Å². The van der Waals surface area contributed by atoms with Crippen molar-refractivity contribution in [3.05, 3.63) is 11.6 Å². The molecule has 1 aliphatic carbocycles. The summed E-state index contributed by atoms with van der Waals surface area (Å²) in [5, 5.41) is 0. The van der Waals surface area contributed by atoms with Crippen LogP contribution in [0.2, 0.25) is 0 Å². The van der Waals surface area contributed by atoms with Crippen LogP contribution in [0.15, 0.2) is 11.6 Å². The van der Waals surface area contributed by atoms with Gasteiger partial charge in [0.15, 0.2) is 0 Å². The highest BCUT2D eigenvalue weighted by Crippen LogP contribution is 2.31. The summed E-state index contributed by atoms with van der Waals surface area (Å²) in [5.74, 6) is 0.969. The number of hydrogen-bond acceptors (Lipinski definition) is 0. The van der Waals surface area contributed by atoms with E-state index in [4.69, 9.17) is 0 Å². The van der Waals surface area contributed by atoms with Crippen molar-refractivity contribution in [2.24, 2.45) is 5.92 Å². The Labute approximate surface area is 58.0 Å². The molecule has 0 aromatic carbocycles. The summed E-state index contributed by atoms with van der Waals surface area (Å²) < 4.78 is 0. The van der Waals surface area contributed by atoms with Crippen molar-refractivity contribution in [2.75, 3.05) is 0 Å². The van der Waals surface area contributed by atoms with Crippen LogP contribution >= 0.6 is 0 Å². The minimum absolute atomic E-state index is 0.969. The molecule has 0 saturated heterocycles. The smallest absolute Gasteiger partial charge is 0.0231 e. The predicted molar refractivity (Wildman–Crippen MR) is 41.4 cm³/mol. The molecule has 1 fully saturated rings. The second kappa shape index (κ2) is 3.05. The summed E-state index contributed by atoms with van der Waals surface area (Å²) in [6, 6.07) is 0. The monoisotopic (exact) mass is 124 g/mol. The van der Waals surface area contributed by atoms with Crippen molar-refractivity contribution in [1.29, 1.82) is 0 Å². The molecule has 1 saturated carbocycles. The van der Waals surface area contributed by atoms with Crippen LogP contribution in [0.4, 0.5) is 0 Å². The first-order chi connectivity index (χ1) is 4.33. The van der Waals surface area contributed by atoms with Gasteiger partial charge < -0.3 is 0 Å². The van der Waals surface area contributed by atoms with E-state index < -0.39 is 0 Å². The minimum atomic E-state index is 0.969. The fourth-order valence-electron chi connectivity index (χ4n) is 1.14. The lowest BCUT2D eigenvalue weighted by Gasteiger charge is -1.94. The van der Waals surface area contributed by atoms with Gasteiger partial charge in [-0.3, -0.25) is 0 Å². The lowest BCUT2D eigenvalue weighted by atomic mass is 10.1. The molecule has 0 aromatic heterocycles. The van der Waals surface area contributed by atoms with Gasteiger partial charge >= 0.3 is 0 Å². The lowest BCUT2D eigenvalue weighted by molar-refractivity contribution is 0.888. The first-order valence-electron chi connectivity index (χ1n) is 4.00. The van der Waals surface area contributed by atoms with Crippen molar-refractivity contribution >= 4 is 0 Å². The molecule has 0 nitrogen and oxygen atoms in total. The first kappa shape index (κ1) is 6.85. The third-order valence-corrected chi connectivity index (χ3v) is 1.79. The highest BCUT2D eigenvalue weighted by molar-refractivity contribution is 5.05. The quantitative estimate of drug-likeness (QED) is 0.507. The summed E-state index contributed by atoms with van der Waals surface area (Å²) in [7, 11) is 0. The molecule has 0 amide bonds. The molecule has 9 heavy (non-hydrogen) atoms. The van der Waals surface area contributed by atoms with Crippen molar-refractivity contribution in [1.82, 2.24) is 0 Å². The standard InChI is InChI=1S/C9H16/c1-3-4-8(2)7-9-5-6-9/h7,9H,3-6H2,1-2H3/b8-7-. The molecule has 1 rings (SSSR count). The van der Waals surface area contributed by atoms with E-state index in [0.717, 1.165) is 5.92 Å². The number of rotatable bonds is 3. The van der Waals surface area contributed by atoms with Crippen LogP contribution in [0.25, 0.3) is 0 Å². The Morgan fingerprint density at radius 3 is 2.67 bits per heavy atom. The van der Waals surface area contributed by atoms with Gasteiger partial charge in [-0.05, 0) is 32.1 Å². The maximum Gasteiger partial charge on any atom is -0.0231 e. The van der Waals surface area contributed by atoms with Crippen molar-refractivity contribution in [3.8, 4) is 0 Å². The third-order valence-electron chi connectivity index (χ3n) is 1.79. The summed E-state index contributed by atoms with van der Waals surface area (Å²) >= 11 is 0. The van der Waals surface area contributed by atoms with Gasteiger partial charge in [0.1, 0.15) is 0 Å². The van der Waals surface area contributed by atoms with E-state index in [0.29, 0.717) is 0 Å². The zero-order valence-corrected chi connectivity index (χ0v) is 6.48. The summed E-state index contributed by atoms with van der Waals surface area (Å²) in [5.41, 5.74) is 1.60. The van der Waals surface area contributed by atoms with Crippen LogP contribution in [0.3, 0.4) is 0 Å². The molecule has 0 unspecified atom stereocenters. The number of hydrogen-bond donors (Lipinski definition) is 0. The van der Waals surface area contributed by atoms with Gasteiger partial charge in [0.2, 0.25) is 0 Å². The summed E-state index contributed by atoms with van der Waals surface area (Å²) in [6.45, 7) is 4.49. The van der Waals surface area contributed by atoms with Gasteiger partial charge in [0, 0.05) is 0 Å². The fraction of sp³-hybridized carbons (Fsp3) is 0.778. The molecule has 0 aliphatic heterocycles. The van der Waals surface area contributed by atoms with E-state index in [2.05, 4.69) is 19.9 Å². The molecule has 0 atom stereocenters. The maximum atomic E-state index is 2.45. The van der Waals surface area contributed by atoms with Crippen LogP contribution in [-0.4, -0.2) is 0 Å². The molecule has 52 valence electrons. The fourth-order valence-corrected chi connectivity index (χ4v) is 1.14. The van der Waals surface area contributed by atoms with Crippen LogP contribution in [0.1, 0.15) is 39.5 Å². The van der Waals surface area contributed by atoms with Gasteiger partial charge in [-0.25, -0.2) is 0 Å². The minimum Gasteiger partial charge on any atom is -0.0825 e. The largest absolute Gasteiger partial charge is 0.0825 e. The second-order valence-corrected chi connectivity index (χ2v) is 3.10. The molecule has 0 aromatic rings. The van der Waals surface area contributed by atoms with Crippen LogP contribution in [-0.2, 0) is 0 Å². The van der Waals surface area contributed by atoms with Gasteiger partial charge in [0.05, 0.1) is 0 Å². The molecular formula is C9H16. The number of allylic oxidation sites excluding steroid dienone is 2. The zero-order chi connectivity index (χ0) is 6.69. The van der Waals surface area contributed by atoms with Crippen molar-refractivity contribution in [3.63, 3.8) is 0 Å². The van der Waals surface area contributed by atoms with Gasteiger partial charge in [0.25, 0.3) is 0 Å². The van der Waals surface area contributed by atoms with Crippen LogP contribution in [0.5, 0.6) is 0 Å². The van der Waals surface area contributed by atoms with Crippen molar-refractivity contribution < 1.29 is 0 Å². The Hall–Kier alpha value is -0.260. The second-order valence-electron chi connectivity index (χ2n) is 3.10. The molecular weight excluding hydrogens is 108 g/mol.